The third kappa shape index (κ3) is 20.5. The molecule has 6 nitrogen and oxygen atoms in total. The summed E-state index contributed by atoms with van der Waals surface area (Å²) in [6, 6.07) is 32.1. The summed E-state index contributed by atoms with van der Waals surface area (Å²) in [4.78, 5) is 13.6. The third-order valence-electron chi connectivity index (χ3n) is 5.38. The van der Waals surface area contributed by atoms with Crippen molar-refractivity contribution in [2.24, 2.45) is 15.0 Å². The minimum Gasteiger partial charge on any atom is -0.462 e. The zero-order valence-corrected chi connectivity index (χ0v) is 33.4. The molecule has 0 saturated carbocycles. The van der Waals surface area contributed by atoms with E-state index in [1.165, 1.54) is 0 Å². The molecular weight excluding hydrogens is 693 g/mol. The number of nitrogens with zero attached hydrogens (tertiary/aromatic N) is 6. The van der Waals surface area contributed by atoms with Crippen molar-refractivity contribution in [1.82, 2.24) is 0 Å². The summed E-state index contributed by atoms with van der Waals surface area (Å²) in [6.45, 7) is 24.8. The van der Waals surface area contributed by atoms with E-state index in [1.807, 2.05) is 91.0 Å². The van der Waals surface area contributed by atoms with Gasteiger partial charge >= 0.3 is 41.7 Å². The van der Waals surface area contributed by atoms with Gasteiger partial charge in [0.05, 0.1) is 0 Å². The van der Waals surface area contributed by atoms with Gasteiger partial charge in [0.1, 0.15) is 0 Å². The zero-order chi connectivity index (χ0) is 33.8. The smallest absolute Gasteiger partial charge is 0.462 e. The Balaban J connectivity index is 0.000000653. The molecule has 0 amide bonds. The summed E-state index contributed by atoms with van der Waals surface area (Å²) in [5.41, 5.74) is 3.29. The molecule has 3 rings (SSSR count). The maximum absolute atomic E-state index is 4.54. The van der Waals surface area contributed by atoms with Gasteiger partial charge in [-0.2, -0.15) is 0 Å². The number of benzene rings is 3. The summed E-state index contributed by atoms with van der Waals surface area (Å²) < 4.78 is 0. The van der Waals surface area contributed by atoms with Gasteiger partial charge in [0.15, 0.2) is 0 Å². The van der Waals surface area contributed by atoms with Crippen LogP contribution >= 0.6 is 0 Å². The number of amidine groups is 3. The van der Waals surface area contributed by atoms with Gasteiger partial charge in [0.25, 0.3) is 0 Å². The van der Waals surface area contributed by atoms with Gasteiger partial charge in [-0.3, -0.25) is 0 Å². The topological polar surface area (TPSA) is 79.4 Å². The summed E-state index contributed by atoms with van der Waals surface area (Å²) in [5.74, 6) is 2.59. The Bertz CT molecular complexity index is 1110. The van der Waals surface area contributed by atoms with Crippen molar-refractivity contribution >= 4 is 17.5 Å². The van der Waals surface area contributed by atoms with Crippen LogP contribution in [-0.2, 0) is 0 Å². The number of rotatable bonds is 9. The van der Waals surface area contributed by atoms with Crippen LogP contribution in [0.3, 0.4) is 0 Å². The molecule has 0 fully saturated rings. The first-order valence-corrected chi connectivity index (χ1v) is 16.3. The van der Waals surface area contributed by atoms with Gasteiger partial charge in [-0.15, -0.1) is 0 Å². The van der Waals surface area contributed by atoms with Crippen LogP contribution < -0.4 is 0 Å². The predicted molar refractivity (Wildman–Crippen MR) is 200 cm³/mol. The first kappa shape index (κ1) is 43.4. The van der Waals surface area contributed by atoms with Gasteiger partial charge in [-0.1, -0.05) is 192 Å². The van der Waals surface area contributed by atoms with Gasteiger partial charge in [0.2, 0.25) is 0 Å². The Labute approximate surface area is 314 Å². The Hall–Kier alpha value is -2.55. The van der Waals surface area contributed by atoms with Crippen LogP contribution in [0.25, 0.3) is 16.0 Å². The Kier molecular flexibility index (Phi) is 23.2. The quantitative estimate of drug-likeness (QED) is 0.154. The minimum atomic E-state index is 0. The maximum atomic E-state index is 4.54. The van der Waals surface area contributed by atoms with Gasteiger partial charge in [-0.05, 0) is 52.9 Å². The molecule has 1 radical (unpaired) electrons. The summed E-state index contributed by atoms with van der Waals surface area (Å²) >= 11 is 0. The molecule has 0 heterocycles. The van der Waals surface area contributed by atoms with Crippen molar-refractivity contribution in [1.29, 1.82) is 0 Å². The van der Waals surface area contributed by atoms with E-state index in [1.54, 1.807) is 0 Å². The Morgan fingerprint density at radius 2 is 0.565 bits per heavy atom. The van der Waals surface area contributed by atoms with E-state index in [-0.39, 0.29) is 78.0 Å². The molecule has 247 valence electrons. The van der Waals surface area contributed by atoms with E-state index in [0.717, 1.165) is 34.2 Å². The maximum Gasteiger partial charge on any atom is 3.00 e. The van der Waals surface area contributed by atoms with Crippen LogP contribution in [-0.4, -0.2) is 53.8 Å². The molecule has 0 aliphatic rings. The van der Waals surface area contributed by atoms with E-state index in [2.05, 4.69) is 114 Å². The summed E-state index contributed by atoms with van der Waals surface area (Å²) in [6.07, 6.45) is 0. The van der Waals surface area contributed by atoms with Gasteiger partial charge < -0.3 is 30.9 Å². The predicted octanol–water partition coefficient (Wildman–Crippen LogP) is 10.9. The fraction of sp³-hybridized carbons (Fsp3) is 0.462. The second-order valence-electron chi connectivity index (χ2n) is 12.4. The van der Waals surface area contributed by atoms with Crippen molar-refractivity contribution in [3.63, 3.8) is 0 Å². The molecule has 0 aliphatic heterocycles. The van der Waals surface area contributed by atoms with Crippen LogP contribution in [0.1, 0.15) is 99.8 Å². The van der Waals surface area contributed by atoms with Gasteiger partial charge in [0, 0.05) is 0 Å². The van der Waals surface area contributed by atoms with Crippen LogP contribution in [0.15, 0.2) is 106 Å². The fourth-order valence-electron chi connectivity index (χ4n) is 3.78. The van der Waals surface area contributed by atoms with Crippen LogP contribution in [0, 0.1) is 41.7 Å². The summed E-state index contributed by atoms with van der Waals surface area (Å²) in [7, 11) is 0. The molecule has 0 atom stereocenters. The minimum absolute atomic E-state index is 0. The molecule has 0 unspecified atom stereocenters. The average molecular weight is 750 g/mol. The number of hydrogen-bond donors (Lipinski definition) is 0. The van der Waals surface area contributed by atoms with Crippen molar-refractivity contribution in [2.45, 2.75) is 119 Å². The van der Waals surface area contributed by atoms with Crippen molar-refractivity contribution in [2.75, 3.05) is 0 Å². The Morgan fingerprint density at radius 1 is 0.370 bits per heavy atom. The van der Waals surface area contributed by atoms with Crippen molar-refractivity contribution in [3.05, 3.63) is 124 Å². The standard InChI is InChI=1S/3C13H19N2.Ce/c3*1-10(2)14-13(15-11(3)4)12-8-6-5-7-9-12;/h3*5-11H,1-4H3;/q3*-1;+3. The monoisotopic (exact) mass is 749 g/mol. The zero-order valence-electron chi connectivity index (χ0n) is 30.3. The molecule has 3 aromatic rings. The molecule has 46 heavy (non-hydrogen) atoms. The molecule has 0 spiro atoms. The van der Waals surface area contributed by atoms with Crippen LogP contribution in [0.5, 0.6) is 0 Å². The summed E-state index contributed by atoms with van der Waals surface area (Å²) in [5, 5.41) is 13.6. The molecule has 0 bridgehead atoms. The molecule has 0 aliphatic carbocycles. The van der Waals surface area contributed by atoms with E-state index in [0.29, 0.717) is 0 Å². The second kappa shape index (κ2) is 24.6. The average Bonchev–Trinajstić information content (AvgIpc) is 2.97. The normalized spacial score (nSPS) is 12.0. The number of aliphatic imine (C=N–C) groups is 3. The van der Waals surface area contributed by atoms with Crippen LogP contribution in [0.4, 0.5) is 0 Å². The van der Waals surface area contributed by atoms with E-state index in [9.17, 15) is 0 Å². The molecule has 3 aromatic carbocycles. The fourth-order valence-corrected chi connectivity index (χ4v) is 3.78. The molecule has 7 heteroatoms. The molecule has 0 N–H and O–H groups in total. The largest absolute Gasteiger partial charge is 3.00 e. The second-order valence-corrected chi connectivity index (χ2v) is 12.4. The first-order chi connectivity index (χ1) is 21.3. The SMILES string of the molecule is CC(C)N=C([N-]C(C)C)c1ccccc1.CC(C)N=C([N-]C(C)C)c1ccccc1.CC(C)N=C([N-]C(C)C)c1ccccc1.[Ce+3]. The Morgan fingerprint density at radius 3 is 0.717 bits per heavy atom. The third-order valence-corrected chi connectivity index (χ3v) is 5.38. The van der Waals surface area contributed by atoms with Crippen molar-refractivity contribution < 1.29 is 41.7 Å². The van der Waals surface area contributed by atoms with Crippen molar-refractivity contribution in [3.8, 4) is 0 Å². The number of hydrogen-bond acceptors (Lipinski definition) is 3. The molecule has 0 saturated heterocycles. The van der Waals surface area contributed by atoms with Gasteiger partial charge in [-0.25, -0.2) is 0 Å². The van der Waals surface area contributed by atoms with Crippen LogP contribution in [0.2, 0.25) is 0 Å². The molecule has 0 aromatic heterocycles. The van der Waals surface area contributed by atoms with E-state index in [4.69, 9.17) is 0 Å². The molecular formula is C39H57CeN6. The van der Waals surface area contributed by atoms with E-state index < -0.39 is 0 Å². The van der Waals surface area contributed by atoms with E-state index >= 15 is 0 Å². The first-order valence-electron chi connectivity index (χ1n) is 16.3.